The van der Waals surface area contributed by atoms with E-state index in [2.05, 4.69) is 50.7 Å². The Morgan fingerprint density at radius 1 is 1.12 bits per heavy atom. The summed E-state index contributed by atoms with van der Waals surface area (Å²) in [5.74, 6) is 0. The first-order valence-electron chi connectivity index (χ1n) is 9.10. The third kappa shape index (κ3) is 4.09. The fraction of sp³-hybridized carbons (Fsp3) is 0.286. The van der Waals surface area contributed by atoms with E-state index >= 15 is 0 Å². The topological polar surface area (TPSA) is 44.0 Å². The SMILES string of the molecule is Clc1ccc(-c2[nH]ncc2CN2CCCC(Nc3ccccc3)C2)cc1. The van der Waals surface area contributed by atoms with Crippen LogP contribution >= 0.6 is 11.6 Å². The molecule has 1 unspecified atom stereocenters. The molecular formula is C21H23ClN4. The Morgan fingerprint density at radius 3 is 2.73 bits per heavy atom. The van der Waals surface area contributed by atoms with Gasteiger partial charge in [-0.05, 0) is 49.2 Å². The van der Waals surface area contributed by atoms with Gasteiger partial charge in [0.2, 0.25) is 0 Å². The minimum absolute atomic E-state index is 0.483. The number of likely N-dealkylation sites (tertiary alicyclic amines) is 1. The van der Waals surface area contributed by atoms with Crippen LogP contribution in [0, 0.1) is 0 Å². The predicted molar refractivity (Wildman–Crippen MR) is 107 cm³/mol. The summed E-state index contributed by atoms with van der Waals surface area (Å²) in [4.78, 5) is 2.51. The molecule has 1 fully saturated rings. The van der Waals surface area contributed by atoms with E-state index in [9.17, 15) is 0 Å². The second kappa shape index (κ2) is 7.94. The zero-order valence-corrected chi connectivity index (χ0v) is 15.4. The highest BCUT2D eigenvalue weighted by atomic mass is 35.5. The molecule has 1 atom stereocenters. The number of nitrogens with one attached hydrogen (secondary N) is 2. The maximum Gasteiger partial charge on any atom is 0.0695 e. The molecule has 0 amide bonds. The molecule has 0 aliphatic carbocycles. The van der Waals surface area contributed by atoms with Crippen LogP contribution in [0.1, 0.15) is 18.4 Å². The average molecular weight is 367 g/mol. The highest BCUT2D eigenvalue weighted by Crippen LogP contribution is 2.25. The number of anilines is 1. The summed E-state index contributed by atoms with van der Waals surface area (Å²) in [5, 5.41) is 11.8. The molecule has 3 aromatic rings. The molecule has 26 heavy (non-hydrogen) atoms. The zero-order valence-electron chi connectivity index (χ0n) is 14.7. The van der Waals surface area contributed by atoms with Gasteiger partial charge in [-0.25, -0.2) is 0 Å². The second-order valence-corrected chi connectivity index (χ2v) is 7.30. The number of piperidine rings is 1. The number of nitrogens with zero attached hydrogens (tertiary/aromatic N) is 2. The minimum Gasteiger partial charge on any atom is -0.381 e. The molecule has 1 aliphatic heterocycles. The van der Waals surface area contributed by atoms with Crippen molar-refractivity contribution in [2.24, 2.45) is 0 Å². The maximum absolute atomic E-state index is 6.01. The standard InChI is InChI=1S/C21H23ClN4/c22-18-10-8-16(9-11-18)21-17(13-23-25-21)14-26-12-4-7-20(15-26)24-19-5-2-1-3-6-19/h1-3,5-6,8-11,13,20,24H,4,7,12,14-15H2,(H,23,25). The fourth-order valence-electron chi connectivity index (χ4n) is 3.63. The van der Waals surface area contributed by atoms with E-state index in [0.29, 0.717) is 6.04 Å². The van der Waals surface area contributed by atoms with Gasteiger partial charge in [-0.3, -0.25) is 10.00 Å². The van der Waals surface area contributed by atoms with Crippen molar-refractivity contribution in [2.75, 3.05) is 18.4 Å². The molecule has 4 nitrogen and oxygen atoms in total. The molecule has 4 rings (SSSR count). The van der Waals surface area contributed by atoms with Gasteiger partial charge in [-0.2, -0.15) is 5.10 Å². The van der Waals surface area contributed by atoms with Gasteiger partial charge >= 0.3 is 0 Å². The number of para-hydroxylation sites is 1. The van der Waals surface area contributed by atoms with E-state index in [4.69, 9.17) is 11.6 Å². The summed E-state index contributed by atoms with van der Waals surface area (Å²) >= 11 is 6.01. The van der Waals surface area contributed by atoms with Crippen molar-refractivity contribution in [3.05, 3.63) is 71.4 Å². The van der Waals surface area contributed by atoms with Crippen molar-refractivity contribution in [1.82, 2.24) is 15.1 Å². The summed E-state index contributed by atoms with van der Waals surface area (Å²) in [6, 6.07) is 18.9. The molecule has 2 heterocycles. The van der Waals surface area contributed by atoms with Crippen LogP contribution in [0.25, 0.3) is 11.3 Å². The first-order chi connectivity index (χ1) is 12.8. The first-order valence-corrected chi connectivity index (χ1v) is 9.48. The van der Waals surface area contributed by atoms with Crippen LogP contribution in [0.5, 0.6) is 0 Å². The number of hydrogen-bond acceptors (Lipinski definition) is 3. The van der Waals surface area contributed by atoms with Crippen molar-refractivity contribution in [1.29, 1.82) is 0 Å². The molecule has 0 saturated carbocycles. The lowest BCUT2D eigenvalue weighted by Crippen LogP contribution is -2.41. The fourth-order valence-corrected chi connectivity index (χ4v) is 3.75. The number of benzene rings is 2. The van der Waals surface area contributed by atoms with Crippen molar-refractivity contribution in [2.45, 2.75) is 25.4 Å². The molecule has 0 spiro atoms. The Hall–Kier alpha value is -2.30. The molecule has 0 radical (unpaired) electrons. The van der Waals surface area contributed by atoms with Crippen LogP contribution in [-0.4, -0.2) is 34.2 Å². The normalized spacial score (nSPS) is 18.0. The van der Waals surface area contributed by atoms with Crippen LogP contribution in [0.2, 0.25) is 5.02 Å². The highest BCUT2D eigenvalue weighted by molar-refractivity contribution is 6.30. The predicted octanol–water partition coefficient (Wildman–Crippen LogP) is 4.81. The summed E-state index contributed by atoms with van der Waals surface area (Å²) in [5.41, 5.74) is 4.63. The van der Waals surface area contributed by atoms with Crippen molar-refractivity contribution < 1.29 is 0 Å². The molecule has 0 bridgehead atoms. The molecular weight excluding hydrogens is 344 g/mol. The van der Waals surface area contributed by atoms with Crippen molar-refractivity contribution in [3.63, 3.8) is 0 Å². The molecule has 2 aromatic carbocycles. The smallest absolute Gasteiger partial charge is 0.0695 e. The van der Waals surface area contributed by atoms with Gasteiger partial charge in [0.05, 0.1) is 11.9 Å². The molecule has 134 valence electrons. The Kier molecular flexibility index (Phi) is 5.23. The Labute approximate surface area is 159 Å². The number of aromatic amines is 1. The van der Waals surface area contributed by atoms with Crippen molar-refractivity contribution in [3.8, 4) is 11.3 Å². The Morgan fingerprint density at radius 2 is 1.92 bits per heavy atom. The van der Waals surface area contributed by atoms with Crippen LogP contribution in [0.4, 0.5) is 5.69 Å². The lowest BCUT2D eigenvalue weighted by Gasteiger charge is -2.33. The van der Waals surface area contributed by atoms with Gasteiger partial charge in [-0.1, -0.05) is 41.9 Å². The zero-order chi connectivity index (χ0) is 17.8. The number of aromatic nitrogens is 2. The van der Waals surface area contributed by atoms with Gasteiger partial charge in [0.15, 0.2) is 0 Å². The molecule has 5 heteroatoms. The first kappa shape index (κ1) is 17.1. The van der Waals surface area contributed by atoms with Gasteiger partial charge in [-0.15, -0.1) is 0 Å². The second-order valence-electron chi connectivity index (χ2n) is 6.86. The molecule has 1 saturated heterocycles. The molecule has 2 N–H and O–H groups in total. The lowest BCUT2D eigenvalue weighted by atomic mass is 10.0. The minimum atomic E-state index is 0.483. The Balaban J connectivity index is 1.43. The van der Waals surface area contributed by atoms with E-state index in [-0.39, 0.29) is 0 Å². The van der Waals surface area contributed by atoms with E-state index in [0.717, 1.165) is 35.9 Å². The van der Waals surface area contributed by atoms with E-state index in [1.165, 1.54) is 24.1 Å². The van der Waals surface area contributed by atoms with Gasteiger partial charge in [0, 0.05) is 35.4 Å². The quantitative estimate of drug-likeness (QED) is 0.681. The third-order valence-electron chi connectivity index (χ3n) is 4.89. The summed E-state index contributed by atoms with van der Waals surface area (Å²) < 4.78 is 0. The average Bonchev–Trinajstić information content (AvgIpc) is 3.12. The monoisotopic (exact) mass is 366 g/mol. The summed E-state index contributed by atoms with van der Waals surface area (Å²) in [7, 11) is 0. The number of halogens is 1. The van der Waals surface area contributed by atoms with Crippen molar-refractivity contribution >= 4 is 17.3 Å². The summed E-state index contributed by atoms with van der Waals surface area (Å²) in [6.45, 7) is 3.07. The van der Waals surface area contributed by atoms with Crippen LogP contribution < -0.4 is 5.32 Å². The number of rotatable bonds is 5. The lowest BCUT2D eigenvalue weighted by molar-refractivity contribution is 0.209. The van der Waals surface area contributed by atoms with Crippen LogP contribution in [0.3, 0.4) is 0 Å². The number of H-pyrrole nitrogens is 1. The van der Waals surface area contributed by atoms with E-state index in [1.54, 1.807) is 0 Å². The van der Waals surface area contributed by atoms with E-state index in [1.807, 2.05) is 30.5 Å². The molecule has 1 aromatic heterocycles. The number of hydrogen-bond donors (Lipinski definition) is 2. The summed E-state index contributed by atoms with van der Waals surface area (Å²) in [6.07, 6.45) is 4.36. The van der Waals surface area contributed by atoms with Gasteiger partial charge in [0.1, 0.15) is 0 Å². The maximum atomic E-state index is 6.01. The van der Waals surface area contributed by atoms with Crippen LogP contribution in [-0.2, 0) is 6.54 Å². The third-order valence-corrected chi connectivity index (χ3v) is 5.15. The van der Waals surface area contributed by atoms with Gasteiger partial charge < -0.3 is 5.32 Å². The highest BCUT2D eigenvalue weighted by Gasteiger charge is 2.21. The van der Waals surface area contributed by atoms with Crippen LogP contribution in [0.15, 0.2) is 60.8 Å². The Bertz CT molecular complexity index is 829. The van der Waals surface area contributed by atoms with Gasteiger partial charge in [0.25, 0.3) is 0 Å². The largest absolute Gasteiger partial charge is 0.381 e. The molecule has 1 aliphatic rings. The van der Waals surface area contributed by atoms with E-state index < -0.39 is 0 Å².